The number of amides is 2. The van der Waals surface area contributed by atoms with E-state index in [1.807, 2.05) is 66.8 Å². The zero-order chi connectivity index (χ0) is 21.0. The Bertz CT molecular complexity index is 866. The van der Waals surface area contributed by atoms with Gasteiger partial charge in [-0.3, -0.25) is 9.59 Å². The van der Waals surface area contributed by atoms with Crippen molar-refractivity contribution >= 4 is 23.2 Å². The molecule has 0 aliphatic heterocycles. The molecule has 1 unspecified atom stereocenters. The zero-order valence-electron chi connectivity index (χ0n) is 18.0. The summed E-state index contributed by atoms with van der Waals surface area (Å²) in [6, 6.07) is 9.60. The van der Waals surface area contributed by atoms with Crippen molar-refractivity contribution in [1.29, 1.82) is 0 Å². The Morgan fingerprint density at radius 1 is 0.964 bits per heavy atom. The molecule has 0 saturated heterocycles. The molecule has 5 nitrogen and oxygen atoms in total. The normalized spacial score (nSPS) is 13.0. The first kappa shape index (κ1) is 21.6. The lowest BCUT2D eigenvalue weighted by molar-refractivity contribution is -0.885. The van der Waals surface area contributed by atoms with Gasteiger partial charge in [-0.25, -0.2) is 0 Å². The first-order chi connectivity index (χ1) is 13.1. The average molecular weight is 383 g/mol. The molecule has 0 spiro atoms. The minimum absolute atomic E-state index is 0.0907. The van der Waals surface area contributed by atoms with Crippen LogP contribution in [-0.4, -0.2) is 31.4 Å². The highest BCUT2D eigenvalue weighted by molar-refractivity contribution is 5.96. The van der Waals surface area contributed by atoms with Crippen LogP contribution < -0.4 is 15.5 Å². The van der Waals surface area contributed by atoms with Crippen LogP contribution in [0, 0.1) is 34.6 Å². The Morgan fingerprint density at radius 3 is 2.18 bits per heavy atom. The summed E-state index contributed by atoms with van der Waals surface area (Å²) >= 11 is 0. The quantitative estimate of drug-likeness (QED) is 0.719. The van der Waals surface area contributed by atoms with Gasteiger partial charge in [0.1, 0.15) is 0 Å². The van der Waals surface area contributed by atoms with E-state index in [0.29, 0.717) is 0 Å². The van der Waals surface area contributed by atoms with E-state index in [2.05, 4.69) is 22.8 Å². The number of hydrogen-bond donors (Lipinski definition) is 3. The number of aryl methyl sites for hydroxylation is 4. The molecule has 0 aromatic heterocycles. The monoisotopic (exact) mass is 382 g/mol. The van der Waals surface area contributed by atoms with Crippen molar-refractivity contribution in [3.05, 3.63) is 58.1 Å². The summed E-state index contributed by atoms with van der Waals surface area (Å²) in [5, 5.41) is 5.99. The summed E-state index contributed by atoms with van der Waals surface area (Å²) in [4.78, 5) is 26.0. The summed E-state index contributed by atoms with van der Waals surface area (Å²) in [5.41, 5.74) is 7.13. The van der Waals surface area contributed by atoms with E-state index in [0.717, 1.165) is 38.5 Å². The van der Waals surface area contributed by atoms with Crippen molar-refractivity contribution in [3.8, 4) is 0 Å². The minimum Gasteiger partial charge on any atom is -0.321 e. The fourth-order valence-electron chi connectivity index (χ4n) is 3.32. The van der Waals surface area contributed by atoms with Crippen molar-refractivity contribution in [3.63, 3.8) is 0 Å². The molecule has 0 radical (unpaired) electrons. The third-order valence-electron chi connectivity index (χ3n) is 5.38. The minimum atomic E-state index is -0.357. The van der Waals surface area contributed by atoms with Gasteiger partial charge < -0.3 is 15.5 Å². The second-order valence-corrected chi connectivity index (χ2v) is 7.80. The van der Waals surface area contributed by atoms with Gasteiger partial charge in [0.25, 0.3) is 11.8 Å². The molecule has 2 aromatic carbocycles. The van der Waals surface area contributed by atoms with Gasteiger partial charge in [0.15, 0.2) is 12.6 Å². The molecular weight excluding hydrogens is 350 g/mol. The van der Waals surface area contributed by atoms with E-state index in [4.69, 9.17) is 0 Å². The number of quaternary nitrogens is 1. The van der Waals surface area contributed by atoms with Crippen LogP contribution in [0.25, 0.3) is 0 Å². The molecule has 2 amide bonds. The highest BCUT2D eigenvalue weighted by Crippen LogP contribution is 2.22. The first-order valence-corrected chi connectivity index (χ1v) is 9.67. The smallest absolute Gasteiger partial charge is 0.282 e. The molecule has 2 rings (SSSR count). The molecule has 0 bridgehead atoms. The number of likely N-dealkylation sites (N-methyl/N-ethyl adjacent to an activating group) is 1. The molecule has 5 heteroatoms. The molecule has 0 aliphatic rings. The summed E-state index contributed by atoms with van der Waals surface area (Å²) in [7, 11) is 1.86. The number of benzene rings is 2. The van der Waals surface area contributed by atoms with Crippen molar-refractivity contribution in [2.24, 2.45) is 0 Å². The zero-order valence-corrected chi connectivity index (χ0v) is 18.0. The number of carbonyl (C=O) groups excluding carboxylic acids is 2. The molecule has 2 aromatic rings. The van der Waals surface area contributed by atoms with Crippen LogP contribution in [0.5, 0.6) is 0 Å². The maximum Gasteiger partial charge on any atom is 0.282 e. The molecule has 2 atom stereocenters. The van der Waals surface area contributed by atoms with E-state index >= 15 is 0 Å². The van der Waals surface area contributed by atoms with E-state index < -0.39 is 0 Å². The number of anilines is 2. The van der Waals surface area contributed by atoms with Crippen LogP contribution in [0.1, 0.15) is 34.7 Å². The van der Waals surface area contributed by atoms with Gasteiger partial charge in [0.2, 0.25) is 0 Å². The number of hydrogen-bond acceptors (Lipinski definition) is 2. The van der Waals surface area contributed by atoms with Crippen LogP contribution >= 0.6 is 0 Å². The molecule has 3 N–H and O–H groups in total. The van der Waals surface area contributed by atoms with Crippen LogP contribution in [0.4, 0.5) is 11.4 Å². The van der Waals surface area contributed by atoms with E-state index in [9.17, 15) is 9.59 Å². The van der Waals surface area contributed by atoms with E-state index in [1.54, 1.807) is 0 Å². The van der Waals surface area contributed by atoms with Gasteiger partial charge in [-0.1, -0.05) is 29.8 Å². The SMILES string of the molecule is Cc1cc(C)c(NC(=O)[C@@H](C)[NH+](C)CC(=O)Nc2cccc(C)c2C)c(C)c1. The Hall–Kier alpha value is -2.66. The molecular formula is C23H32N3O2+. The molecule has 150 valence electrons. The standard InChI is InChI=1S/C23H31N3O2/c1-14-11-16(3)22(17(4)12-14)25-23(28)19(6)26(7)13-21(27)24-20-10-8-9-15(2)18(20)5/h8-12,19H,13H2,1-7H3,(H,24,27)(H,25,28)/p+1/t19-/m1/s1. The number of rotatable bonds is 6. The third kappa shape index (κ3) is 5.20. The summed E-state index contributed by atoms with van der Waals surface area (Å²) in [6.07, 6.45) is 0. The van der Waals surface area contributed by atoms with E-state index in [1.165, 1.54) is 5.56 Å². The average Bonchev–Trinajstić information content (AvgIpc) is 2.61. The fourth-order valence-corrected chi connectivity index (χ4v) is 3.32. The fraction of sp³-hybridized carbons (Fsp3) is 0.391. The number of carbonyl (C=O) groups is 2. The summed E-state index contributed by atoms with van der Waals surface area (Å²) in [6.45, 7) is 12.1. The second kappa shape index (κ2) is 9.02. The Kier molecular flexibility index (Phi) is 6.97. The predicted molar refractivity (Wildman–Crippen MR) is 115 cm³/mol. The van der Waals surface area contributed by atoms with Gasteiger partial charge >= 0.3 is 0 Å². The van der Waals surface area contributed by atoms with Gasteiger partial charge in [-0.2, -0.15) is 0 Å². The largest absolute Gasteiger partial charge is 0.321 e. The lowest BCUT2D eigenvalue weighted by atomic mass is 10.0. The molecule has 0 fully saturated rings. The van der Waals surface area contributed by atoms with Gasteiger partial charge in [-0.15, -0.1) is 0 Å². The van der Waals surface area contributed by atoms with Crippen molar-refractivity contribution < 1.29 is 14.5 Å². The van der Waals surface area contributed by atoms with Gasteiger partial charge in [-0.05, 0) is 69.9 Å². The lowest BCUT2D eigenvalue weighted by Crippen LogP contribution is -3.14. The van der Waals surface area contributed by atoms with Gasteiger partial charge in [0.05, 0.1) is 7.05 Å². The predicted octanol–water partition coefficient (Wildman–Crippen LogP) is 2.71. The van der Waals surface area contributed by atoms with Crippen molar-refractivity contribution in [2.45, 2.75) is 47.6 Å². The second-order valence-electron chi connectivity index (χ2n) is 7.80. The molecule has 28 heavy (non-hydrogen) atoms. The molecule has 0 aliphatic carbocycles. The maximum absolute atomic E-state index is 12.7. The maximum atomic E-state index is 12.7. The van der Waals surface area contributed by atoms with Crippen molar-refractivity contribution in [1.82, 2.24) is 0 Å². The number of nitrogens with one attached hydrogen (secondary N) is 3. The Balaban J connectivity index is 2.00. The Morgan fingerprint density at radius 2 is 1.57 bits per heavy atom. The lowest BCUT2D eigenvalue weighted by Gasteiger charge is -2.22. The van der Waals surface area contributed by atoms with Gasteiger partial charge in [0, 0.05) is 11.4 Å². The van der Waals surface area contributed by atoms with Crippen LogP contribution in [0.2, 0.25) is 0 Å². The van der Waals surface area contributed by atoms with Crippen LogP contribution in [-0.2, 0) is 9.59 Å². The van der Waals surface area contributed by atoms with Crippen LogP contribution in [0.3, 0.4) is 0 Å². The summed E-state index contributed by atoms with van der Waals surface area (Å²) in [5.74, 6) is -0.194. The molecule has 0 heterocycles. The third-order valence-corrected chi connectivity index (χ3v) is 5.38. The topological polar surface area (TPSA) is 62.6 Å². The highest BCUT2D eigenvalue weighted by atomic mass is 16.2. The van der Waals surface area contributed by atoms with E-state index in [-0.39, 0.29) is 24.4 Å². The Labute approximate surface area is 168 Å². The van der Waals surface area contributed by atoms with Crippen LogP contribution in [0.15, 0.2) is 30.3 Å². The summed E-state index contributed by atoms with van der Waals surface area (Å²) < 4.78 is 0. The van der Waals surface area contributed by atoms with Crippen molar-refractivity contribution in [2.75, 3.05) is 24.2 Å². The highest BCUT2D eigenvalue weighted by Gasteiger charge is 2.25. The molecule has 0 saturated carbocycles. The first-order valence-electron chi connectivity index (χ1n) is 9.67.